The van der Waals surface area contributed by atoms with Gasteiger partial charge in [0.05, 0.1) is 11.4 Å². The summed E-state index contributed by atoms with van der Waals surface area (Å²) in [5, 5.41) is 0. The summed E-state index contributed by atoms with van der Waals surface area (Å²) in [6, 6.07) is 21.9. The van der Waals surface area contributed by atoms with Gasteiger partial charge in [-0.25, -0.2) is 0 Å². The molecule has 4 rings (SSSR count). The van der Waals surface area contributed by atoms with Crippen molar-refractivity contribution in [1.29, 1.82) is 0 Å². The van der Waals surface area contributed by atoms with Crippen molar-refractivity contribution in [3.63, 3.8) is 0 Å². The van der Waals surface area contributed by atoms with Gasteiger partial charge in [0.15, 0.2) is 11.5 Å². The van der Waals surface area contributed by atoms with Gasteiger partial charge >= 0.3 is 0 Å². The van der Waals surface area contributed by atoms with Gasteiger partial charge in [-0.2, -0.15) is 0 Å². The average molecular weight is 440 g/mol. The molecule has 3 aromatic rings. The first kappa shape index (κ1) is 23.2. The molecule has 0 amide bonds. The standard InChI is InChI=1S/C31H37NO/c1-9-23(30(3,4)5)18-22-12-16-26-28(19-22)33-29-20-24(31(6,7)8)13-17-27(29)32(26)25-14-10-21(2)11-15-25/h10-20H,9H2,1-8H3. The summed E-state index contributed by atoms with van der Waals surface area (Å²) < 4.78 is 6.56. The van der Waals surface area contributed by atoms with Crippen LogP contribution in [0.1, 0.15) is 71.6 Å². The molecule has 1 aliphatic rings. The van der Waals surface area contributed by atoms with Crippen molar-refractivity contribution >= 4 is 23.1 Å². The highest BCUT2D eigenvalue weighted by Crippen LogP contribution is 2.51. The molecule has 172 valence electrons. The van der Waals surface area contributed by atoms with E-state index >= 15 is 0 Å². The fourth-order valence-electron chi connectivity index (χ4n) is 4.40. The second-order valence-electron chi connectivity index (χ2n) is 11.2. The number of rotatable bonds is 3. The van der Waals surface area contributed by atoms with E-state index in [4.69, 9.17) is 4.74 Å². The zero-order valence-electron chi connectivity index (χ0n) is 21.4. The lowest BCUT2D eigenvalue weighted by Crippen LogP contribution is -2.18. The Hall–Kier alpha value is -3.00. The molecule has 33 heavy (non-hydrogen) atoms. The van der Waals surface area contributed by atoms with E-state index in [0.717, 1.165) is 35.0 Å². The van der Waals surface area contributed by atoms with E-state index in [-0.39, 0.29) is 10.8 Å². The predicted octanol–water partition coefficient (Wildman–Crippen LogP) is 9.71. The number of ether oxygens (including phenoxy) is 1. The maximum atomic E-state index is 6.56. The average Bonchev–Trinajstić information content (AvgIpc) is 2.74. The molecule has 0 N–H and O–H groups in total. The van der Waals surface area contributed by atoms with Crippen molar-refractivity contribution in [2.24, 2.45) is 5.41 Å². The van der Waals surface area contributed by atoms with E-state index < -0.39 is 0 Å². The van der Waals surface area contributed by atoms with Crippen LogP contribution in [0.25, 0.3) is 6.08 Å². The zero-order chi connectivity index (χ0) is 24.0. The van der Waals surface area contributed by atoms with E-state index in [0.29, 0.717) is 0 Å². The molecule has 0 unspecified atom stereocenters. The van der Waals surface area contributed by atoms with Crippen LogP contribution >= 0.6 is 0 Å². The Morgan fingerprint density at radius 2 is 1.42 bits per heavy atom. The van der Waals surface area contributed by atoms with Gasteiger partial charge in [-0.1, -0.05) is 89.9 Å². The molecular weight excluding hydrogens is 402 g/mol. The fourth-order valence-corrected chi connectivity index (χ4v) is 4.40. The molecule has 0 saturated carbocycles. The summed E-state index contributed by atoms with van der Waals surface area (Å²) in [5.74, 6) is 1.80. The van der Waals surface area contributed by atoms with E-state index in [1.807, 2.05) is 0 Å². The summed E-state index contributed by atoms with van der Waals surface area (Å²) in [4.78, 5) is 2.32. The Morgan fingerprint density at radius 1 is 0.818 bits per heavy atom. The third-order valence-corrected chi connectivity index (χ3v) is 6.49. The number of benzene rings is 3. The number of fused-ring (bicyclic) bond motifs is 2. The Morgan fingerprint density at radius 3 is 2.00 bits per heavy atom. The minimum absolute atomic E-state index is 0.0562. The van der Waals surface area contributed by atoms with Crippen LogP contribution in [0.2, 0.25) is 0 Å². The van der Waals surface area contributed by atoms with Crippen LogP contribution in [-0.4, -0.2) is 0 Å². The molecule has 2 nitrogen and oxygen atoms in total. The predicted molar refractivity (Wildman–Crippen MR) is 142 cm³/mol. The first-order chi connectivity index (χ1) is 15.5. The molecule has 0 aliphatic carbocycles. The summed E-state index contributed by atoms with van der Waals surface area (Å²) >= 11 is 0. The number of aryl methyl sites for hydroxylation is 1. The van der Waals surface area contributed by atoms with Gasteiger partial charge in [-0.15, -0.1) is 0 Å². The van der Waals surface area contributed by atoms with E-state index in [2.05, 4.69) is 127 Å². The molecule has 2 heteroatoms. The monoisotopic (exact) mass is 439 g/mol. The molecule has 0 bridgehead atoms. The second-order valence-corrected chi connectivity index (χ2v) is 11.2. The highest BCUT2D eigenvalue weighted by atomic mass is 16.5. The first-order valence-corrected chi connectivity index (χ1v) is 12.0. The SMILES string of the molecule is CCC(=Cc1ccc2c(c1)Oc1cc(C(C)(C)C)ccc1N2c1ccc(C)cc1)C(C)(C)C. The summed E-state index contributed by atoms with van der Waals surface area (Å²) in [5.41, 5.74) is 8.63. The Labute approximate surface area is 199 Å². The van der Waals surface area contributed by atoms with Crippen molar-refractivity contribution in [2.45, 2.75) is 67.2 Å². The van der Waals surface area contributed by atoms with Gasteiger partial charge < -0.3 is 9.64 Å². The molecule has 3 aromatic carbocycles. The highest BCUT2D eigenvalue weighted by Gasteiger charge is 2.28. The summed E-state index contributed by atoms with van der Waals surface area (Å²) in [6.07, 6.45) is 3.36. The maximum Gasteiger partial charge on any atom is 0.152 e. The van der Waals surface area contributed by atoms with Crippen LogP contribution in [0.5, 0.6) is 11.5 Å². The van der Waals surface area contributed by atoms with Crippen LogP contribution in [0.4, 0.5) is 17.1 Å². The van der Waals surface area contributed by atoms with Crippen molar-refractivity contribution < 1.29 is 4.74 Å². The van der Waals surface area contributed by atoms with Crippen LogP contribution < -0.4 is 9.64 Å². The van der Waals surface area contributed by atoms with Gasteiger partial charge in [0.1, 0.15) is 0 Å². The van der Waals surface area contributed by atoms with Gasteiger partial charge in [0, 0.05) is 5.69 Å². The van der Waals surface area contributed by atoms with Crippen LogP contribution in [0.15, 0.2) is 66.2 Å². The second kappa shape index (κ2) is 8.41. The molecule has 1 heterocycles. The number of nitrogens with zero attached hydrogens (tertiary/aromatic N) is 1. The molecule has 0 spiro atoms. The molecular formula is C31H37NO. The Balaban J connectivity index is 1.87. The van der Waals surface area contributed by atoms with Gasteiger partial charge in [-0.3, -0.25) is 0 Å². The van der Waals surface area contributed by atoms with Gasteiger partial charge in [0.2, 0.25) is 0 Å². The maximum absolute atomic E-state index is 6.56. The molecule has 0 fully saturated rings. The first-order valence-electron chi connectivity index (χ1n) is 12.0. The molecule has 0 radical (unpaired) electrons. The lowest BCUT2D eigenvalue weighted by molar-refractivity contribution is 0.472. The normalized spacial score (nSPS) is 13.9. The Kier molecular flexibility index (Phi) is 5.90. The Bertz CT molecular complexity index is 1190. The molecule has 0 aromatic heterocycles. The van der Waals surface area contributed by atoms with Crippen LogP contribution in [0.3, 0.4) is 0 Å². The lowest BCUT2D eigenvalue weighted by atomic mass is 9.83. The number of hydrogen-bond acceptors (Lipinski definition) is 2. The van der Waals surface area contributed by atoms with Crippen molar-refractivity contribution in [1.82, 2.24) is 0 Å². The smallest absolute Gasteiger partial charge is 0.152 e. The van der Waals surface area contributed by atoms with Gasteiger partial charge in [-0.05, 0) is 71.7 Å². The summed E-state index contributed by atoms with van der Waals surface area (Å²) in [7, 11) is 0. The largest absolute Gasteiger partial charge is 0.453 e. The van der Waals surface area contributed by atoms with Crippen LogP contribution in [0, 0.1) is 12.3 Å². The van der Waals surface area contributed by atoms with Crippen LogP contribution in [-0.2, 0) is 5.41 Å². The van der Waals surface area contributed by atoms with Gasteiger partial charge in [0.25, 0.3) is 0 Å². The quantitative estimate of drug-likeness (QED) is 0.315. The van der Waals surface area contributed by atoms with Crippen molar-refractivity contribution in [3.05, 3.63) is 82.9 Å². The highest BCUT2D eigenvalue weighted by molar-refractivity contribution is 5.87. The molecule has 1 aliphatic heterocycles. The molecule has 0 saturated heterocycles. The minimum Gasteiger partial charge on any atom is -0.453 e. The number of anilines is 3. The molecule has 0 atom stereocenters. The third kappa shape index (κ3) is 4.71. The van der Waals surface area contributed by atoms with E-state index in [9.17, 15) is 0 Å². The van der Waals surface area contributed by atoms with E-state index in [1.54, 1.807) is 0 Å². The lowest BCUT2D eigenvalue weighted by Gasteiger charge is -2.34. The van der Waals surface area contributed by atoms with E-state index in [1.165, 1.54) is 22.3 Å². The van der Waals surface area contributed by atoms with Crippen molar-refractivity contribution in [3.8, 4) is 11.5 Å². The third-order valence-electron chi connectivity index (χ3n) is 6.49. The number of hydrogen-bond donors (Lipinski definition) is 0. The zero-order valence-corrected chi connectivity index (χ0v) is 21.4. The minimum atomic E-state index is 0.0562. The number of allylic oxidation sites excluding steroid dienone is 1. The van der Waals surface area contributed by atoms with Crippen molar-refractivity contribution in [2.75, 3.05) is 4.90 Å². The summed E-state index contributed by atoms with van der Waals surface area (Å²) in [6.45, 7) is 17.9. The fraction of sp³-hybridized carbons (Fsp3) is 0.355. The topological polar surface area (TPSA) is 12.5 Å².